The summed E-state index contributed by atoms with van der Waals surface area (Å²) in [6, 6.07) is 0. The van der Waals surface area contributed by atoms with Crippen LogP contribution in [0.2, 0.25) is 0 Å². The van der Waals surface area contributed by atoms with Crippen LogP contribution in [0.3, 0.4) is 0 Å². The van der Waals surface area contributed by atoms with Gasteiger partial charge in [-0.15, -0.1) is 0 Å². The third kappa shape index (κ3) is 33.2. The molecule has 0 saturated carbocycles. The maximum atomic E-state index is 11.9. The van der Waals surface area contributed by atoms with Crippen LogP contribution in [-0.2, 0) is 9.53 Å². The molecular weight excluding hydrogens is 464 g/mol. The number of ether oxygens (including phenoxy) is 1. The first-order valence-corrected chi connectivity index (χ1v) is 17.6. The molecule has 0 aromatic carbocycles. The predicted molar refractivity (Wildman–Crippen MR) is 170 cm³/mol. The molecule has 0 aliphatic rings. The Balaban J connectivity index is 3.18. The molecule has 0 aromatic heterocycles. The van der Waals surface area contributed by atoms with Gasteiger partial charge >= 0.3 is 5.97 Å². The molecule has 0 spiro atoms. The van der Waals surface area contributed by atoms with Crippen molar-refractivity contribution in [3.05, 3.63) is 12.2 Å². The molecule has 0 fully saturated rings. The van der Waals surface area contributed by atoms with Gasteiger partial charge in [0.2, 0.25) is 0 Å². The van der Waals surface area contributed by atoms with Gasteiger partial charge in [0.25, 0.3) is 0 Å². The van der Waals surface area contributed by atoms with Crippen molar-refractivity contribution in [2.75, 3.05) is 6.61 Å². The number of unbranched alkanes of at least 4 members (excludes halogenated alkanes) is 26. The second-order valence-electron chi connectivity index (χ2n) is 11.9. The molecular formula is C36H70O2. The number of esters is 1. The minimum absolute atomic E-state index is 0.0223. The molecule has 226 valence electrons. The molecule has 0 atom stereocenters. The Morgan fingerprint density at radius 3 is 1.13 bits per heavy atom. The largest absolute Gasteiger partial charge is 0.466 e. The van der Waals surface area contributed by atoms with Crippen LogP contribution >= 0.6 is 0 Å². The number of allylic oxidation sites excluding steroid dienone is 2. The summed E-state index contributed by atoms with van der Waals surface area (Å²) in [7, 11) is 0. The van der Waals surface area contributed by atoms with Crippen molar-refractivity contribution in [2.24, 2.45) is 0 Å². The molecule has 0 amide bonds. The highest BCUT2D eigenvalue weighted by Gasteiger charge is 2.02. The van der Waals surface area contributed by atoms with E-state index < -0.39 is 0 Å². The SMILES string of the molecule is CCCCCCCCC=CCCCCCCCCCCCC(=O)OCCCCCCCCCCCCCC. The monoisotopic (exact) mass is 535 g/mol. The second-order valence-corrected chi connectivity index (χ2v) is 11.9. The molecule has 2 nitrogen and oxygen atoms in total. The third-order valence-electron chi connectivity index (χ3n) is 7.90. The molecule has 0 aliphatic heterocycles. The Morgan fingerprint density at radius 2 is 0.737 bits per heavy atom. The normalized spacial score (nSPS) is 11.5. The summed E-state index contributed by atoms with van der Waals surface area (Å²) in [5.74, 6) is 0.0223. The average molecular weight is 535 g/mol. The van der Waals surface area contributed by atoms with Crippen molar-refractivity contribution in [3.8, 4) is 0 Å². The van der Waals surface area contributed by atoms with Crippen LogP contribution < -0.4 is 0 Å². The quantitative estimate of drug-likeness (QED) is 0.0487. The Hall–Kier alpha value is -0.790. The van der Waals surface area contributed by atoms with Crippen LogP contribution in [0.1, 0.15) is 206 Å². The van der Waals surface area contributed by atoms with E-state index in [1.54, 1.807) is 0 Å². The lowest BCUT2D eigenvalue weighted by molar-refractivity contribution is -0.143. The van der Waals surface area contributed by atoms with Crippen LogP contribution in [0.25, 0.3) is 0 Å². The first kappa shape index (κ1) is 37.2. The standard InChI is InChI=1S/C36H70O2/c1-3-5-7-9-11-13-15-17-18-19-20-21-22-23-24-26-28-30-32-34-36(37)38-35-33-31-29-27-25-16-14-12-10-8-6-4-2/h17-18H,3-16,19-35H2,1-2H3. The van der Waals surface area contributed by atoms with E-state index in [1.807, 2.05) is 0 Å². The highest BCUT2D eigenvalue weighted by atomic mass is 16.5. The molecule has 0 aliphatic carbocycles. The Kier molecular flexibility index (Phi) is 33.5. The molecule has 0 rings (SSSR count). The summed E-state index contributed by atoms with van der Waals surface area (Å²) in [5, 5.41) is 0. The summed E-state index contributed by atoms with van der Waals surface area (Å²) in [6.45, 7) is 5.19. The van der Waals surface area contributed by atoms with Gasteiger partial charge in [0.1, 0.15) is 0 Å². The minimum atomic E-state index is 0.0223. The predicted octanol–water partition coefficient (Wildman–Crippen LogP) is 12.8. The fourth-order valence-corrected chi connectivity index (χ4v) is 5.25. The third-order valence-corrected chi connectivity index (χ3v) is 7.90. The Morgan fingerprint density at radius 1 is 0.421 bits per heavy atom. The van der Waals surface area contributed by atoms with Gasteiger partial charge < -0.3 is 4.74 Å². The summed E-state index contributed by atoms with van der Waals surface area (Å²) < 4.78 is 5.43. The molecule has 2 heteroatoms. The van der Waals surface area contributed by atoms with Crippen LogP contribution in [0.5, 0.6) is 0 Å². The fourth-order valence-electron chi connectivity index (χ4n) is 5.25. The van der Waals surface area contributed by atoms with Gasteiger partial charge in [0, 0.05) is 6.42 Å². The summed E-state index contributed by atoms with van der Waals surface area (Å²) >= 11 is 0. The smallest absolute Gasteiger partial charge is 0.305 e. The van der Waals surface area contributed by atoms with Gasteiger partial charge in [-0.1, -0.05) is 174 Å². The number of hydrogen-bond acceptors (Lipinski definition) is 2. The summed E-state index contributed by atoms with van der Waals surface area (Å²) in [5.41, 5.74) is 0. The van der Waals surface area contributed by atoms with Crippen LogP contribution in [0.15, 0.2) is 12.2 Å². The van der Waals surface area contributed by atoms with E-state index >= 15 is 0 Å². The van der Waals surface area contributed by atoms with E-state index in [-0.39, 0.29) is 5.97 Å². The molecule has 0 bridgehead atoms. The van der Waals surface area contributed by atoms with E-state index in [1.165, 1.54) is 173 Å². The highest BCUT2D eigenvalue weighted by molar-refractivity contribution is 5.69. The first-order valence-electron chi connectivity index (χ1n) is 17.6. The number of hydrogen-bond donors (Lipinski definition) is 0. The van der Waals surface area contributed by atoms with E-state index in [0.717, 1.165) is 12.8 Å². The van der Waals surface area contributed by atoms with Crippen molar-refractivity contribution in [1.82, 2.24) is 0 Å². The highest BCUT2D eigenvalue weighted by Crippen LogP contribution is 2.14. The van der Waals surface area contributed by atoms with E-state index in [9.17, 15) is 4.79 Å². The number of rotatable bonds is 32. The van der Waals surface area contributed by atoms with Gasteiger partial charge in [0.15, 0.2) is 0 Å². The summed E-state index contributed by atoms with van der Waals surface area (Å²) in [6.07, 6.45) is 44.1. The Bertz CT molecular complexity index is 470. The maximum Gasteiger partial charge on any atom is 0.305 e. The molecule has 0 radical (unpaired) electrons. The summed E-state index contributed by atoms with van der Waals surface area (Å²) in [4.78, 5) is 11.9. The van der Waals surface area contributed by atoms with E-state index in [4.69, 9.17) is 4.74 Å². The van der Waals surface area contributed by atoms with Gasteiger partial charge in [-0.25, -0.2) is 0 Å². The number of carbonyl (C=O) groups excluding carboxylic acids is 1. The van der Waals surface area contributed by atoms with Gasteiger partial charge in [0.05, 0.1) is 6.61 Å². The van der Waals surface area contributed by atoms with Crippen molar-refractivity contribution >= 4 is 5.97 Å². The molecule has 0 aromatic rings. The van der Waals surface area contributed by atoms with Gasteiger partial charge in [-0.05, 0) is 38.5 Å². The zero-order valence-corrected chi connectivity index (χ0v) is 26.4. The molecule has 38 heavy (non-hydrogen) atoms. The van der Waals surface area contributed by atoms with Crippen molar-refractivity contribution in [3.63, 3.8) is 0 Å². The second kappa shape index (κ2) is 34.2. The van der Waals surface area contributed by atoms with Crippen LogP contribution in [0, 0.1) is 0 Å². The van der Waals surface area contributed by atoms with Gasteiger partial charge in [-0.2, -0.15) is 0 Å². The lowest BCUT2D eigenvalue weighted by atomic mass is 10.1. The van der Waals surface area contributed by atoms with Crippen molar-refractivity contribution in [1.29, 1.82) is 0 Å². The lowest BCUT2D eigenvalue weighted by Gasteiger charge is -2.06. The lowest BCUT2D eigenvalue weighted by Crippen LogP contribution is -2.05. The first-order chi connectivity index (χ1) is 18.8. The van der Waals surface area contributed by atoms with Crippen LogP contribution in [-0.4, -0.2) is 12.6 Å². The van der Waals surface area contributed by atoms with Crippen LogP contribution in [0.4, 0.5) is 0 Å². The van der Waals surface area contributed by atoms with E-state index in [0.29, 0.717) is 13.0 Å². The zero-order chi connectivity index (χ0) is 27.6. The topological polar surface area (TPSA) is 26.3 Å². The molecule has 0 saturated heterocycles. The van der Waals surface area contributed by atoms with E-state index in [2.05, 4.69) is 26.0 Å². The molecule has 0 heterocycles. The maximum absolute atomic E-state index is 11.9. The fraction of sp³-hybridized carbons (Fsp3) is 0.917. The molecule has 0 N–H and O–H groups in total. The van der Waals surface area contributed by atoms with Gasteiger partial charge in [-0.3, -0.25) is 4.79 Å². The minimum Gasteiger partial charge on any atom is -0.466 e. The number of carbonyl (C=O) groups is 1. The zero-order valence-electron chi connectivity index (χ0n) is 26.4. The molecule has 0 unspecified atom stereocenters. The van der Waals surface area contributed by atoms with Crippen molar-refractivity contribution in [2.45, 2.75) is 206 Å². The average Bonchev–Trinajstić information content (AvgIpc) is 2.92. The van der Waals surface area contributed by atoms with Crippen molar-refractivity contribution < 1.29 is 9.53 Å². The Labute approximate surface area is 240 Å².